The van der Waals surface area contributed by atoms with Crippen LogP contribution in [0.25, 0.3) is 10.8 Å². The fourth-order valence-corrected chi connectivity index (χ4v) is 3.26. The summed E-state index contributed by atoms with van der Waals surface area (Å²) in [5.74, 6) is 0.582. The predicted octanol–water partition coefficient (Wildman–Crippen LogP) is 3.65. The molecule has 0 aromatic heterocycles. The van der Waals surface area contributed by atoms with Crippen molar-refractivity contribution in [2.45, 2.75) is 13.3 Å². The summed E-state index contributed by atoms with van der Waals surface area (Å²) in [6.07, 6.45) is 1.09. The fourth-order valence-electron chi connectivity index (χ4n) is 3.26. The Morgan fingerprint density at radius 3 is 2.87 bits per heavy atom. The lowest BCUT2D eigenvalue weighted by Gasteiger charge is -2.21. The lowest BCUT2D eigenvalue weighted by Crippen LogP contribution is -2.34. The Hall–Kier alpha value is -2.07. The van der Waals surface area contributed by atoms with Crippen LogP contribution in [0.1, 0.15) is 13.3 Å². The number of rotatable bonds is 4. The molecule has 23 heavy (non-hydrogen) atoms. The number of fused-ring (bicyclic) bond motifs is 1. The number of likely N-dealkylation sites (tertiary alicyclic amines) is 1. The van der Waals surface area contributed by atoms with Gasteiger partial charge in [-0.25, -0.2) is 4.79 Å². The molecule has 0 spiro atoms. The van der Waals surface area contributed by atoms with Gasteiger partial charge in [0, 0.05) is 25.0 Å². The summed E-state index contributed by atoms with van der Waals surface area (Å²) >= 11 is 0. The molecule has 2 amide bonds. The van der Waals surface area contributed by atoms with E-state index in [-0.39, 0.29) is 6.03 Å². The number of hydrogen-bond acceptors (Lipinski definition) is 2. The Balaban J connectivity index is 1.65. The minimum Gasteiger partial charge on any atom is -0.324 e. The Labute approximate surface area is 138 Å². The first-order chi connectivity index (χ1) is 11.2. The number of carbonyl (C=O) groups excluding carboxylic acids is 1. The Morgan fingerprint density at radius 1 is 1.26 bits per heavy atom. The van der Waals surface area contributed by atoms with E-state index < -0.39 is 0 Å². The average Bonchev–Trinajstić information content (AvgIpc) is 3.03. The van der Waals surface area contributed by atoms with Crippen molar-refractivity contribution in [1.82, 2.24) is 9.80 Å². The van der Waals surface area contributed by atoms with Gasteiger partial charge in [-0.15, -0.1) is 0 Å². The molecule has 0 saturated carbocycles. The lowest BCUT2D eigenvalue weighted by atomic mass is 10.1. The Bertz CT molecular complexity index is 680. The molecule has 1 N–H and O–H groups in total. The predicted molar refractivity (Wildman–Crippen MR) is 95.8 cm³/mol. The first-order valence-corrected chi connectivity index (χ1v) is 8.39. The molecule has 4 nitrogen and oxygen atoms in total. The molecule has 1 unspecified atom stereocenters. The third kappa shape index (κ3) is 3.64. The highest BCUT2D eigenvalue weighted by Gasteiger charge is 2.26. The smallest absolute Gasteiger partial charge is 0.321 e. The zero-order valence-corrected chi connectivity index (χ0v) is 14.0. The van der Waals surface area contributed by atoms with Crippen molar-refractivity contribution in [3.05, 3.63) is 42.5 Å². The molecule has 0 radical (unpaired) electrons. The summed E-state index contributed by atoms with van der Waals surface area (Å²) in [5.41, 5.74) is 0.891. The molecule has 0 aliphatic carbocycles. The van der Waals surface area contributed by atoms with E-state index in [1.807, 2.05) is 35.2 Å². The second-order valence-corrected chi connectivity index (χ2v) is 6.41. The van der Waals surface area contributed by atoms with Crippen molar-refractivity contribution in [2.24, 2.45) is 5.92 Å². The second-order valence-electron chi connectivity index (χ2n) is 6.41. The minimum atomic E-state index is 0.0167. The number of benzene rings is 2. The van der Waals surface area contributed by atoms with Gasteiger partial charge in [0.15, 0.2) is 0 Å². The van der Waals surface area contributed by atoms with Crippen LogP contribution in [0.5, 0.6) is 0 Å². The Morgan fingerprint density at radius 2 is 2.04 bits per heavy atom. The monoisotopic (exact) mass is 311 g/mol. The van der Waals surface area contributed by atoms with Crippen molar-refractivity contribution in [2.75, 3.05) is 38.5 Å². The van der Waals surface area contributed by atoms with Gasteiger partial charge >= 0.3 is 6.03 Å². The summed E-state index contributed by atoms with van der Waals surface area (Å²) in [7, 11) is 2.14. The van der Waals surface area contributed by atoms with Crippen LogP contribution < -0.4 is 5.32 Å². The van der Waals surface area contributed by atoms with Gasteiger partial charge in [0.05, 0.1) is 5.69 Å². The minimum absolute atomic E-state index is 0.0167. The number of carbonyl (C=O) groups is 1. The van der Waals surface area contributed by atoms with Gasteiger partial charge in [0.2, 0.25) is 0 Å². The number of anilines is 1. The van der Waals surface area contributed by atoms with Crippen LogP contribution >= 0.6 is 0 Å². The molecule has 1 heterocycles. The van der Waals surface area contributed by atoms with Crippen molar-refractivity contribution in [3.63, 3.8) is 0 Å². The van der Waals surface area contributed by atoms with E-state index in [0.29, 0.717) is 5.92 Å². The van der Waals surface area contributed by atoms with E-state index >= 15 is 0 Å². The van der Waals surface area contributed by atoms with Crippen LogP contribution in [-0.4, -0.2) is 49.1 Å². The first kappa shape index (κ1) is 15.8. The van der Waals surface area contributed by atoms with Crippen LogP contribution in [0, 0.1) is 5.92 Å². The maximum atomic E-state index is 12.6. The first-order valence-electron chi connectivity index (χ1n) is 8.39. The van der Waals surface area contributed by atoms with Crippen molar-refractivity contribution in [3.8, 4) is 0 Å². The van der Waals surface area contributed by atoms with E-state index in [4.69, 9.17) is 0 Å². The molecule has 1 atom stereocenters. The molecule has 122 valence electrons. The summed E-state index contributed by atoms with van der Waals surface area (Å²) in [6.45, 7) is 5.98. The van der Waals surface area contributed by atoms with Gasteiger partial charge in [-0.2, -0.15) is 0 Å². The highest BCUT2D eigenvalue weighted by molar-refractivity contribution is 6.01. The van der Waals surface area contributed by atoms with E-state index in [2.05, 4.69) is 36.3 Å². The zero-order chi connectivity index (χ0) is 16.2. The van der Waals surface area contributed by atoms with Gasteiger partial charge in [0.1, 0.15) is 0 Å². The van der Waals surface area contributed by atoms with Gasteiger partial charge < -0.3 is 15.1 Å². The molecular formula is C19H25N3O. The summed E-state index contributed by atoms with van der Waals surface area (Å²) in [5, 5.41) is 5.32. The van der Waals surface area contributed by atoms with Crippen LogP contribution in [0.2, 0.25) is 0 Å². The maximum absolute atomic E-state index is 12.6. The van der Waals surface area contributed by atoms with Crippen LogP contribution in [-0.2, 0) is 0 Å². The topological polar surface area (TPSA) is 35.6 Å². The van der Waals surface area contributed by atoms with E-state index in [1.165, 1.54) is 0 Å². The summed E-state index contributed by atoms with van der Waals surface area (Å²) in [4.78, 5) is 16.8. The average molecular weight is 311 g/mol. The van der Waals surface area contributed by atoms with Crippen molar-refractivity contribution in [1.29, 1.82) is 0 Å². The third-order valence-corrected chi connectivity index (χ3v) is 4.71. The van der Waals surface area contributed by atoms with E-state index in [0.717, 1.165) is 49.1 Å². The number of nitrogens with one attached hydrogen (secondary N) is 1. The third-order valence-electron chi connectivity index (χ3n) is 4.71. The highest BCUT2D eigenvalue weighted by Crippen LogP contribution is 2.24. The van der Waals surface area contributed by atoms with Crippen LogP contribution in [0.4, 0.5) is 10.5 Å². The molecule has 1 aliphatic heterocycles. The van der Waals surface area contributed by atoms with Gasteiger partial charge in [0.25, 0.3) is 0 Å². The number of amides is 2. The number of hydrogen-bond donors (Lipinski definition) is 1. The molecular weight excluding hydrogens is 286 g/mol. The standard InChI is InChI=1S/C19H25N3O/c1-3-21(2)13-15-11-12-22(14-15)19(23)20-18-10-6-8-16-7-4-5-9-17(16)18/h4-10,15H,3,11-14H2,1-2H3,(H,20,23). The highest BCUT2D eigenvalue weighted by atomic mass is 16.2. The van der Waals surface area contributed by atoms with Gasteiger partial charge in [-0.05, 0) is 37.4 Å². The normalized spacial score (nSPS) is 17.9. The molecule has 2 aromatic rings. The largest absolute Gasteiger partial charge is 0.324 e. The summed E-state index contributed by atoms with van der Waals surface area (Å²) in [6, 6.07) is 14.2. The molecule has 1 saturated heterocycles. The lowest BCUT2D eigenvalue weighted by molar-refractivity contribution is 0.218. The van der Waals surface area contributed by atoms with Crippen LogP contribution in [0.3, 0.4) is 0 Å². The quantitative estimate of drug-likeness (QED) is 0.935. The fraction of sp³-hybridized carbons (Fsp3) is 0.421. The number of urea groups is 1. The van der Waals surface area contributed by atoms with Crippen molar-refractivity contribution >= 4 is 22.5 Å². The van der Waals surface area contributed by atoms with Gasteiger partial charge in [-0.3, -0.25) is 0 Å². The molecule has 1 fully saturated rings. The zero-order valence-electron chi connectivity index (χ0n) is 14.0. The summed E-state index contributed by atoms with van der Waals surface area (Å²) < 4.78 is 0. The van der Waals surface area contributed by atoms with E-state index in [1.54, 1.807) is 0 Å². The number of nitrogens with zero attached hydrogens (tertiary/aromatic N) is 2. The van der Waals surface area contributed by atoms with Crippen molar-refractivity contribution < 1.29 is 4.79 Å². The second kappa shape index (κ2) is 7.01. The maximum Gasteiger partial charge on any atom is 0.321 e. The van der Waals surface area contributed by atoms with E-state index in [9.17, 15) is 4.79 Å². The van der Waals surface area contributed by atoms with Gasteiger partial charge in [-0.1, -0.05) is 43.3 Å². The van der Waals surface area contributed by atoms with Crippen LogP contribution in [0.15, 0.2) is 42.5 Å². The molecule has 2 aromatic carbocycles. The molecule has 3 rings (SSSR count). The Kier molecular flexibility index (Phi) is 4.82. The molecule has 0 bridgehead atoms. The molecule has 1 aliphatic rings. The molecule has 4 heteroatoms. The SMILES string of the molecule is CCN(C)CC1CCN(C(=O)Nc2cccc3ccccc23)C1.